The van der Waals surface area contributed by atoms with E-state index in [4.69, 9.17) is 10.2 Å². The zero-order chi connectivity index (χ0) is 12.1. The molecule has 0 radical (unpaired) electrons. The standard InChI is InChI=1S/C11H17N3O2S/c15-5-1-2-13(3-6-16)8-10-9-14-4-7-17-11(14)12-10/h4,7,9,15-16H,1-3,5-6,8H2. The Kier molecular flexibility index (Phi) is 4.49. The topological polar surface area (TPSA) is 61.0 Å². The van der Waals surface area contributed by atoms with E-state index in [1.807, 2.05) is 22.2 Å². The third-order valence-corrected chi connectivity index (χ3v) is 3.35. The molecule has 0 amide bonds. The Morgan fingerprint density at radius 1 is 1.29 bits per heavy atom. The minimum Gasteiger partial charge on any atom is -0.396 e. The average Bonchev–Trinajstić information content (AvgIpc) is 2.86. The highest BCUT2D eigenvalue weighted by molar-refractivity contribution is 7.15. The summed E-state index contributed by atoms with van der Waals surface area (Å²) >= 11 is 1.61. The fraction of sp³-hybridized carbons (Fsp3) is 0.545. The second-order valence-electron chi connectivity index (χ2n) is 3.90. The third-order valence-electron chi connectivity index (χ3n) is 2.58. The predicted octanol–water partition coefficient (Wildman–Crippen LogP) is 0.572. The Bertz CT molecular complexity index is 426. The van der Waals surface area contributed by atoms with Crippen molar-refractivity contribution in [3.8, 4) is 0 Å². The van der Waals surface area contributed by atoms with Gasteiger partial charge in [0, 0.05) is 44.0 Å². The fourth-order valence-corrected chi connectivity index (χ4v) is 2.51. The van der Waals surface area contributed by atoms with Gasteiger partial charge in [0.25, 0.3) is 0 Å². The summed E-state index contributed by atoms with van der Waals surface area (Å²) in [4.78, 5) is 7.59. The second-order valence-corrected chi connectivity index (χ2v) is 4.78. The summed E-state index contributed by atoms with van der Waals surface area (Å²) in [5, 5.41) is 19.8. The van der Waals surface area contributed by atoms with Crippen molar-refractivity contribution in [3.63, 3.8) is 0 Å². The van der Waals surface area contributed by atoms with Gasteiger partial charge in [0.05, 0.1) is 12.3 Å². The van der Waals surface area contributed by atoms with Gasteiger partial charge in [0.1, 0.15) is 0 Å². The molecule has 94 valence electrons. The summed E-state index contributed by atoms with van der Waals surface area (Å²) in [6, 6.07) is 0. The maximum Gasteiger partial charge on any atom is 0.193 e. The van der Waals surface area contributed by atoms with E-state index >= 15 is 0 Å². The fourth-order valence-electron chi connectivity index (χ4n) is 1.79. The lowest BCUT2D eigenvalue weighted by Crippen LogP contribution is -2.28. The van der Waals surface area contributed by atoms with Crippen molar-refractivity contribution in [1.29, 1.82) is 0 Å². The molecule has 2 aromatic rings. The summed E-state index contributed by atoms with van der Waals surface area (Å²) in [6.45, 7) is 2.43. The smallest absolute Gasteiger partial charge is 0.193 e. The van der Waals surface area contributed by atoms with E-state index in [9.17, 15) is 0 Å². The normalized spacial score (nSPS) is 11.7. The van der Waals surface area contributed by atoms with Gasteiger partial charge in [-0.2, -0.15) is 0 Å². The van der Waals surface area contributed by atoms with Crippen LogP contribution in [-0.2, 0) is 6.54 Å². The first kappa shape index (κ1) is 12.5. The zero-order valence-electron chi connectivity index (χ0n) is 9.62. The molecule has 0 aliphatic heterocycles. The van der Waals surface area contributed by atoms with E-state index in [2.05, 4.69) is 9.88 Å². The maximum atomic E-state index is 8.99. The van der Waals surface area contributed by atoms with Crippen molar-refractivity contribution < 1.29 is 10.2 Å². The SMILES string of the molecule is OCCCN(CCO)Cc1cn2ccsc2n1. The Balaban J connectivity index is 1.98. The van der Waals surface area contributed by atoms with Gasteiger partial charge in [-0.1, -0.05) is 0 Å². The highest BCUT2D eigenvalue weighted by atomic mass is 32.1. The Morgan fingerprint density at radius 2 is 2.18 bits per heavy atom. The molecule has 0 unspecified atom stereocenters. The molecule has 0 aliphatic rings. The lowest BCUT2D eigenvalue weighted by Gasteiger charge is -2.19. The number of fused-ring (bicyclic) bond motifs is 1. The molecule has 0 bridgehead atoms. The van der Waals surface area contributed by atoms with Crippen LogP contribution >= 0.6 is 11.3 Å². The molecular formula is C11H17N3O2S. The quantitative estimate of drug-likeness (QED) is 0.759. The summed E-state index contributed by atoms with van der Waals surface area (Å²) in [7, 11) is 0. The summed E-state index contributed by atoms with van der Waals surface area (Å²) in [5.74, 6) is 0. The number of imidazole rings is 1. The zero-order valence-corrected chi connectivity index (χ0v) is 10.4. The van der Waals surface area contributed by atoms with Crippen LogP contribution in [0, 0.1) is 0 Å². The minimum absolute atomic E-state index is 0.133. The van der Waals surface area contributed by atoms with Gasteiger partial charge in [0.15, 0.2) is 4.96 Å². The van der Waals surface area contributed by atoms with Crippen molar-refractivity contribution in [1.82, 2.24) is 14.3 Å². The number of hydrogen-bond donors (Lipinski definition) is 2. The van der Waals surface area contributed by atoms with Crippen molar-refractivity contribution in [3.05, 3.63) is 23.5 Å². The molecule has 2 N–H and O–H groups in total. The van der Waals surface area contributed by atoms with Crippen LogP contribution in [0.25, 0.3) is 4.96 Å². The van der Waals surface area contributed by atoms with Gasteiger partial charge in [-0.3, -0.25) is 9.30 Å². The first-order valence-electron chi connectivity index (χ1n) is 5.68. The molecule has 0 saturated carbocycles. The molecule has 2 heterocycles. The van der Waals surface area contributed by atoms with E-state index < -0.39 is 0 Å². The molecule has 5 nitrogen and oxygen atoms in total. The van der Waals surface area contributed by atoms with Gasteiger partial charge < -0.3 is 10.2 Å². The number of rotatable bonds is 7. The minimum atomic E-state index is 0.133. The van der Waals surface area contributed by atoms with Crippen LogP contribution in [-0.4, -0.2) is 50.8 Å². The van der Waals surface area contributed by atoms with E-state index in [0.717, 1.165) is 30.2 Å². The van der Waals surface area contributed by atoms with Gasteiger partial charge in [-0.15, -0.1) is 11.3 Å². The van der Waals surface area contributed by atoms with Gasteiger partial charge in [-0.05, 0) is 6.42 Å². The molecule has 0 aliphatic carbocycles. The highest BCUT2D eigenvalue weighted by Crippen LogP contribution is 2.12. The molecule has 0 aromatic carbocycles. The molecule has 0 spiro atoms. The molecular weight excluding hydrogens is 238 g/mol. The number of aliphatic hydroxyl groups is 2. The summed E-state index contributed by atoms with van der Waals surface area (Å²) < 4.78 is 2.00. The third kappa shape index (κ3) is 3.26. The maximum absolute atomic E-state index is 8.99. The predicted molar refractivity (Wildman–Crippen MR) is 67.1 cm³/mol. The van der Waals surface area contributed by atoms with Crippen molar-refractivity contribution in [2.45, 2.75) is 13.0 Å². The first-order chi connectivity index (χ1) is 8.33. The van der Waals surface area contributed by atoms with Crippen LogP contribution in [0.2, 0.25) is 0 Å². The van der Waals surface area contributed by atoms with E-state index in [0.29, 0.717) is 6.54 Å². The molecule has 6 heteroatoms. The van der Waals surface area contributed by atoms with Crippen molar-refractivity contribution >= 4 is 16.3 Å². The number of aliphatic hydroxyl groups excluding tert-OH is 2. The largest absolute Gasteiger partial charge is 0.396 e. The molecule has 2 aromatic heterocycles. The van der Waals surface area contributed by atoms with E-state index in [1.54, 1.807) is 11.3 Å². The van der Waals surface area contributed by atoms with Gasteiger partial charge >= 0.3 is 0 Å². The lowest BCUT2D eigenvalue weighted by atomic mass is 10.3. The Hall–Kier alpha value is -0.950. The van der Waals surface area contributed by atoms with Crippen LogP contribution in [0.5, 0.6) is 0 Å². The van der Waals surface area contributed by atoms with Crippen LogP contribution in [0.15, 0.2) is 17.8 Å². The van der Waals surface area contributed by atoms with Crippen LogP contribution in [0.3, 0.4) is 0 Å². The Labute approximate surface area is 104 Å². The monoisotopic (exact) mass is 255 g/mol. The second kappa shape index (κ2) is 6.11. The van der Waals surface area contributed by atoms with Crippen molar-refractivity contribution in [2.24, 2.45) is 0 Å². The van der Waals surface area contributed by atoms with Crippen molar-refractivity contribution in [2.75, 3.05) is 26.3 Å². The van der Waals surface area contributed by atoms with Gasteiger partial charge in [-0.25, -0.2) is 4.98 Å². The summed E-state index contributed by atoms with van der Waals surface area (Å²) in [6.07, 6.45) is 4.72. The molecule has 0 fully saturated rings. The summed E-state index contributed by atoms with van der Waals surface area (Å²) in [5.41, 5.74) is 1.00. The molecule has 2 rings (SSSR count). The number of hydrogen-bond acceptors (Lipinski definition) is 5. The van der Waals surface area contributed by atoms with E-state index in [-0.39, 0.29) is 13.2 Å². The highest BCUT2D eigenvalue weighted by Gasteiger charge is 2.08. The molecule has 0 atom stereocenters. The number of aromatic nitrogens is 2. The van der Waals surface area contributed by atoms with Crippen LogP contribution in [0.1, 0.15) is 12.1 Å². The first-order valence-corrected chi connectivity index (χ1v) is 6.56. The van der Waals surface area contributed by atoms with E-state index in [1.165, 1.54) is 0 Å². The lowest BCUT2D eigenvalue weighted by molar-refractivity contribution is 0.173. The van der Waals surface area contributed by atoms with Crippen LogP contribution in [0.4, 0.5) is 0 Å². The Morgan fingerprint density at radius 3 is 2.88 bits per heavy atom. The number of thiazole rings is 1. The number of nitrogens with zero attached hydrogens (tertiary/aromatic N) is 3. The molecule has 17 heavy (non-hydrogen) atoms. The van der Waals surface area contributed by atoms with Crippen LogP contribution < -0.4 is 0 Å². The average molecular weight is 255 g/mol. The molecule has 0 saturated heterocycles. The van der Waals surface area contributed by atoms with Gasteiger partial charge in [0.2, 0.25) is 0 Å².